The molecule has 0 spiro atoms. The maximum absolute atomic E-state index is 14.9. The molecule has 3 N–H and O–H groups in total. The third-order valence-electron chi connectivity index (χ3n) is 7.18. The molecular weight excluding hydrogens is 539 g/mol. The molecule has 0 saturated carbocycles. The molecule has 2 amide bonds. The molecule has 4 aromatic rings. The zero-order valence-electron chi connectivity index (χ0n) is 22.8. The van der Waals surface area contributed by atoms with Crippen molar-refractivity contribution in [1.82, 2.24) is 5.32 Å². The summed E-state index contributed by atoms with van der Waals surface area (Å²) in [5.74, 6) is -3.32. The lowest BCUT2D eigenvalue weighted by Gasteiger charge is -2.22. The van der Waals surface area contributed by atoms with E-state index < -0.39 is 35.9 Å². The number of carboxylic acid groups (broad SMARTS) is 1. The Hall–Kier alpha value is -5.02. The van der Waals surface area contributed by atoms with E-state index in [9.17, 15) is 23.9 Å². The molecule has 0 radical (unpaired) electrons. The van der Waals surface area contributed by atoms with Gasteiger partial charge in [0.15, 0.2) is 6.04 Å². The van der Waals surface area contributed by atoms with Crippen LogP contribution >= 0.6 is 0 Å². The van der Waals surface area contributed by atoms with Gasteiger partial charge in [-0.15, -0.1) is 0 Å². The zero-order valence-corrected chi connectivity index (χ0v) is 22.8. The minimum absolute atomic E-state index is 0.0793. The molecule has 4 aromatic carbocycles. The SMILES string of the molecule is C[C@@H](OCc1ccccc1)[C@H](NC(=O)c1ccc(NC(=O)OCC2c3ccccc3-c3ccccc32)cc1F)C(=O)O. The highest BCUT2D eigenvalue weighted by Gasteiger charge is 2.30. The third-order valence-corrected chi connectivity index (χ3v) is 7.18. The van der Waals surface area contributed by atoms with Crippen LogP contribution < -0.4 is 10.6 Å². The molecule has 8 nitrogen and oxygen atoms in total. The minimum atomic E-state index is -1.42. The van der Waals surface area contributed by atoms with Crippen molar-refractivity contribution < 1.29 is 33.4 Å². The van der Waals surface area contributed by atoms with Crippen LogP contribution in [0.25, 0.3) is 11.1 Å². The number of fused-ring (bicyclic) bond motifs is 3. The fourth-order valence-corrected chi connectivity index (χ4v) is 5.03. The van der Waals surface area contributed by atoms with E-state index in [-0.39, 0.29) is 30.4 Å². The van der Waals surface area contributed by atoms with Crippen LogP contribution in [0, 0.1) is 5.82 Å². The summed E-state index contributed by atoms with van der Waals surface area (Å²) in [6.07, 6.45) is -1.67. The molecular formula is C33H29FN2O6. The molecule has 0 saturated heterocycles. The molecule has 0 aromatic heterocycles. The molecule has 2 atom stereocenters. The number of carbonyl (C=O) groups excluding carboxylic acids is 2. The first kappa shape index (κ1) is 28.5. The number of benzene rings is 4. The van der Waals surface area contributed by atoms with Crippen molar-refractivity contribution in [1.29, 1.82) is 0 Å². The van der Waals surface area contributed by atoms with Gasteiger partial charge in [-0.25, -0.2) is 14.0 Å². The highest BCUT2D eigenvalue weighted by atomic mass is 19.1. The van der Waals surface area contributed by atoms with Crippen LogP contribution in [0.3, 0.4) is 0 Å². The fourth-order valence-electron chi connectivity index (χ4n) is 5.03. The van der Waals surface area contributed by atoms with Gasteiger partial charge in [-0.1, -0.05) is 78.9 Å². The van der Waals surface area contributed by atoms with Crippen molar-refractivity contribution in [3.8, 4) is 11.1 Å². The summed E-state index contributed by atoms with van der Waals surface area (Å²) in [5.41, 5.74) is 4.86. The number of hydrogen-bond donors (Lipinski definition) is 3. The molecule has 0 bridgehead atoms. The van der Waals surface area contributed by atoms with Crippen LogP contribution in [-0.4, -0.2) is 41.8 Å². The topological polar surface area (TPSA) is 114 Å². The van der Waals surface area contributed by atoms with E-state index >= 15 is 0 Å². The van der Waals surface area contributed by atoms with Crippen LogP contribution in [0.2, 0.25) is 0 Å². The molecule has 214 valence electrons. The van der Waals surface area contributed by atoms with E-state index in [0.29, 0.717) is 0 Å². The maximum Gasteiger partial charge on any atom is 0.411 e. The molecule has 0 heterocycles. The smallest absolute Gasteiger partial charge is 0.411 e. The number of carbonyl (C=O) groups is 3. The number of hydrogen-bond acceptors (Lipinski definition) is 5. The Kier molecular flexibility index (Phi) is 8.59. The van der Waals surface area contributed by atoms with E-state index in [4.69, 9.17) is 9.47 Å². The van der Waals surface area contributed by atoms with Crippen molar-refractivity contribution >= 4 is 23.7 Å². The molecule has 0 aliphatic heterocycles. The maximum atomic E-state index is 14.9. The van der Waals surface area contributed by atoms with Crippen molar-refractivity contribution in [2.75, 3.05) is 11.9 Å². The van der Waals surface area contributed by atoms with Crippen molar-refractivity contribution in [2.24, 2.45) is 0 Å². The van der Waals surface area contributed by atoms with Gasteiger partial charge in [-0.3, -0.25) is 10.1 Å². The van der Waals surface area contributed by atoms with Gasteiger partial charge in [0.1, 0.15) is 12.4 Å². The summed E-state index contributed by atoms with van der Waals surface area (Å²) >= 11 is 0. The van der Waals surface area contributed by atoms with E-state index in [1.54, 1.807) is 0 Å². The monoisotopic (exact) mass is 568 g/mol. The number of anilines is 1. The van der Waals surface area contributed by atoms with E-state index in [2.05, 4.69) is 10.6 Å². The number of ether oxygens (including phenoxy) is 2. The lowest BCUT2D eigenvalue weighted by atomic mass is 9.98. The lowest BCUT2D eigenvalue weighted by molar-refractivity contribution is -0.143. The number of halogens is 1. The molecule has 1 aliphatic carbocycles. The number of rotatable bonds is 10. The van der Waals surface area contributed by atoms with Crippen LogP contribution in [0.4, 0.5) is 14.9 Å². The Morgan fingerprint density at radius 1 is 0.881 bits per heavy atom. The summed E-state index contributed by atoms with van der Waals surface area (Å²) < 4.78 is 26.0. The van der Waals surface area contributed by atoms with Crippen LogP contribution in [0.5, 0.6) is 0 Å². The van der Waals surface area contributed by atoms with E-state index in [1.165, 1.54) is 13.0 Å². The predicted octanol–water partition coefficient (Wildman–Crippen LogP) is 5.98. The zero-order chi connectivity index (χ0) is 29.6. The summed E-state index contributed by atoms with van der Waals surface area (Å²) in [6, 6.07) is 27.1. The van der Waals surface area contributed by atoms with E-state index in [0.717, 1.165) is 39.9 Å². The van der Waals surface area contributed by atoms with Gasteiger partial charge in [0, 0.05) is 11.6 Å². The van der Waals surface area contributed by atoms with Crippen LogP contribution in [0.1, 0.15) is 39.9 Å². The fraction of sp³-hybridized carbons (Fsp3) is 0.182. The summed E-state index contributed by atoms with van der Waals surface area (Å²) in [5, 5.41) is 14.4. The second-order valence-electron chi connectivity index (χ2n) is 9.94. The van der Waals surface area contributed by atoms with Gasteiger partial charge in [-0.2, -0.15) is 0 Å². The molecule has 5 rings (SSSR count). The van der Waals surface area contributed by atoms with E-state index in [1.807, 2.05) is 78.9 Å². The Balaban J connectivity index is 1.18. The third kappa shape index (κ3) is 6.31. The molecule has 0 unspecified atom stereocenters. The Bertz CT molecular complexity index is 1560. The van der Waals surface area contributed by atoms with Crippen molar-refractivity contribution in [3.63, 3.8) is 0 Å². The largest absolute Gasteiger partial charge is 0.480 e. The van der Waals surface area contributed by atoms with Gasteiger partial charge >= 0.3 is 12.1 Å². The second kappa shape index (κ2) is 12.7. The van der Waals surface area contributed by atoms with Crippen LogP contribution in [0.15, 0.2) is 97.1 Å². The van der Waals surface area contributed by atoms with Crippen LogP contribution in [-0.2, 0) is 20.9 Å². The average molecular weight is 569 g/mol. The normalized spacial score (nSPS) is 13.4. The number of nitrogens with one attached hydrogen (secondary N) is 2. The predicted molar refractivity (Wildman–Crippen MR) is 155 cm³/mol. The second-order valence-corrected chi connectivity index (χ2v) is 9.94. The molecule has 0 fully saturated rings. The Morgan fingerprint density at radius 3 is 2.12 bits per heavy atom. The first-order chi connectivity index (χ1) is 20.3. The van der Waals surface area contributed by atoms with Gasteiger partial charge in [0.25, 0.3) is 5.91 Å². The summed E-state index contributed by atoms with van der Waals surface area (Å²) in [7, 11) is 0. The highest BCUT2D eigenvalue weighted by Crippen LogP contribution is 2.44. The van der Waals surface area contributed by atoms with Crippen molar-refractivity contribution in [2.45, 2.75) is 31.6 Å². The molecule has 42 heavy (non-hydrogen) atoms. The minimum Gasteiger partial charge on any atom is -0.480 e. The Labute approximate surface area is 242 Å². The number of aliphatic carboxylic acids is 1. The van der Waals surface area contributed by atoms with Gasteiger partial charge in [0.2, 0.25) is 0 Å². The first-order valence-corrected chi connectivity index (χ1v) is 13.4. The summed E-state index contributed by atoms with van der Waals surface area (Å²) in [6.45, 7) is 1.75. The standard InChI is InChI=1S/C33H29FN2O6/c1-20(41-18-21-9-3-2-4-10-21)30(32(38)39)36-31(37)27-16-15-22(17-29(27)34)35-33(40)42-19-28-25-13-7-5-11-23(25)24-12-6-8-14-26(24)28/h2-17,20,28,30H,18-19H2,1H3,(H,35,40)(H,36,37)(H,38,39)/t20-,30+/m1/s1. The molecule has 9 heteroatoms. The lowest BCUT2D eigenvalue weighted by Crippen LogP contribution is -2.48. The highest BCUT2D eigenvalue weighted by molar-refractivity contribution is 5.97. The van der Waals surface area contributed by atoms with Crippen molar-refractivity contribution in [3.05, 3.63) is 125 Å². The van der Waals surface area contributed by atoms with Gasteiger partial charge in [-0.05, 0) is 52.9 Å². The summed E-state index contributed by atoms with van der Waals surface area (Å²) in [4.78, 5) is 37.2. The van der Waals surface area contributed by atoms with Gasteiger partial charge in [0.05, 0.1) is 18.3 Å². The van der Waals surface area contributed by atoms with Gasteiger partial charge < -0.3 is 19.9 Å². The Morgan fingerprint density at radius 2 is 1.50 bits per heavy atom. The first-order valence-electron chi connectivity index (χ1n) is 13.4. The average Bonchev–Trinajstić information content (AvgIpc) is 3.31. The number of amides is 2. The molecule has 1 aliphatic rings. The number of carboxylic acids is 1. The quantitative estimate of drug-likeness (QED) is 0.217.